The Balaban J connectivity index is 2.11. The third-order valence-corrected chi connectivity index (χ3v) is 3.04. The van der Waals surface area contributed by atoms with Gasteiger partial charge in [0.05, 0.1) is 5.56 Å². The zero-order chi connectivity index (χ0) is 12.3. The second-order valence-electron chi connectivity index (χ2n) is 4.26. The summed E-state index contributed by atoms with van der Waals surface area (Å²) in [5, 5.41) is 8.85. The highest BCUT2D eigenvalue weighted by atomic mass is 16.4. The quantitative estimate of drug-likeness (QED) is 0.810. The van der Waals surface area contributed by atoms with Gasteiger partial charge >= 0.3 is 5.97 Å². The summed E-state index contributed by atoms with van der Waals surface area (Å²) in [6.45, 7) is 0.561. The highest BCUT2D eigenvalue weighted by Crippen LogP contribution is 2.20. The molecule has 1 aliphatic carbocycles. The maximum atomic E-state index is 11.5. The number of hydrogen-bond acceptors (Lipinski definition) is 2. The average molecular weight is 233 g/mol. The van der Waals surface area contributed by atoms with Crippen molar-refractivity contribution in [2.45, 2.75) is 32.2 Å². The van der Waals surface area contributed by atoms with Crippen molar-refractivity contribution >= 4 is 5.97 Å². The fourth-order valence-electron chi connectivity index (χ4n) is 2.06. The molecule has 1 aromatic heterocycles. The van der Waals surface area contributed by atoms with E-state index in [4.69, 9.17) is 5.11 Å². The van der Waals surface area contributed by atoms with E-state index in [9.17, 15) is 9.59 Å². The number of carboxylic acid groups (broad SMARTS) is 1. The van der Waals surface area contributed by atoms with Crippen molar-refractivity contribution in [3.63, 3.8) is 0 Å². The van der Waals surface area contributed by atoms with Crippen LogP contribution in [0.5, 0.6) is 0 Å². The molecular weight excluding hydrogens is 218 g/mol. The third-order valence-electron chi connectivity index (χ3n) is 3.04. The Bertz CT molecular complexity index is 514. The fraction of sp³-hybridized carbons (Fsp3) is 0.385. The Hall–Kier alpha value is -1.84. The summed E-state index contributed by atoms with van der Waals surface area (Å²) in [6.07, 6.45) is 7.89. The van der Waals surface area contributed by atoms with Gasteiger partial charge in [-0.15, -0.1) is 0 Å². The van der Waals surface area contributed by atoms with Crippen LogP contribution >= 0.6 is 0 Å². The molecule has 0 bridgehead atoms. The molecule has 0 saturated heterocycles. The molecule has 0 unspecified atom stereocenters. The summed E-state index contributed by atoms with van der Waals surface area (Å²) in [7, 11) is 0. The molecule has 0 spiro atoms. The van der Waals surface area contributed by atoms with Gasteiger partial charge in [0.1, 0.15) is 0 Å². The normalized spacial score (nSPS) is 14.7. The molecule has 0 saturated carbocycles. The molecule has 4 heteroatoms. The van der Waals surface area contributed by atoms with Crippen LogP contribution in [-0.2, 0) is 6.54 Å². The Morgan fingerprint density at radius 2 is 2.24 bits per heavy atom. The summed E-state index contributed by atoms with van der Waals surface area (Å²) < 4.78 is 1.47. The lowest BCUT2D eigenvalue weighted by atomic mass is 10.1. The van der Waals surface area contributed by atoms with Crippen molar-refractivity contribution in [1.82, 2.24) is 4.57 Å². The zero-order valence-electron chi connectivity index (χ0n) is 9.56. The predicted molar refractivity (Wildman–Crippen MR) is 64.2 cm³/mol. The van der Waals surface area contributed by atoms with E-state index in [1.807, 2.05) is 0 Å². The van der Waals surface area contributed by atoms with Crippen LogP contribution < -0.4 is 5.56 Å². The minimum atomic E-state index is -1.00. The first-order chi connectivity index (χ1) is 8.16. The number of rotatable bonds is 4. The summed E-state index contributed by atoms with van der Waals surface area (Å²) >= 11 is 0. The van der Waals surface area contributed by atoms with Gasteiger partial charge in [-0.05, 0) is 31.7 Å². The van der Waals surface area contributed by atoms with Gasteiger partial charge in [-0.1, -0.05) is 11.6 Å². The first-order valence-corrected chi connectivity index (χ1v) is 5.78. The summed E-state index contributed by atoms with van der Waals surface area (Å²) in [5.41, 5.74) is 1.39. The van der Waals surface area contributed by atoms with Crippen LogP contribution in [-0.4, -0.2) is 15.6 Å². The first-order valence-electron chi connectivity index (χ1n) is 5.78. The van der Waals surface area contributed by atoms with E-state index >= 15 is 0 Å². The van der Waals surface area contributed by atoms with Crippen LogP contribution in [0.4, 0.5) is 0 Å². The molecule has 1 N–H and O–H groups in total. The molecule has 17 heavy (non-hydrogen) atoms. The van der Waals surface area contributed by atoms with E-state index in [1.54, 1.807) is 0 Å². The standard InChI is InChI=1S/C13H15NO3/c15-12-6-5-11(13(16)17)9-14(12)8-7-10-3-1-2-4-10/h3,5-6,9H,1-2,4,7-8H2,(H,16,17). The number of carbonyl (C=O) groups is 1. The maximum Gasteiger partial charge on any atom is 0.337 e. The number of hydrogen-bond donors (Lipinski definition) is 1. The van der Waals surface area contributed by atoms with Crippen molar-refractivity contribution in [1.29, 1.82) is 0 Å². The first kappa shape index (κ1) is 11.6. The van der Waals surface area contributed by atoms with Gasteiger partial charge in [-0.25, -0.2) is 4.79 Å². The SMILES string of the molecule is O=C(O)c1ccc(=O)n(CCC2=CCCC2)c1. The van der Waals surface area contributed by atoms with Crippen LogP contribution in [0.15, 0.2) is 34.8 Å². The van der Waals surface area contributed by atoms with Gasteiger partial charge in [-0.3, -0.25) is 4.79 Å². The lowest BCUT2D eigenvalue weighted by molar-refractivity contribution is 0.0696. The van der Waals surface area contributed by atoms with Gasteiger partial charge < -0.3 is 9.67 Å². The van der Waals surface area contributed by atoms with Gasteiger partial charge in [0.2, 0.25) is 0 Å². The maximum absolute atomic E-state index is 11.5. The molecule has 2 rings (SSSR count). The largest absolute Gasteiger partial charge is 0.478 e. The van der Waals surface area contributed by atoms with Crippen LogP contribution in [0.2, 0.25) is 0 Å². The molecule has 0 fully saturated rings. The Kier molecular flexibility index (Phi) is 3.42. The van der Waals surface area contributed by atoms with Crippen molar-refractivity contribution in [2.75, 3.05) is 0 Å². The highest BCUT2D eigenvalue weighted by molar-refractivity contribution is 5.87. The van der Waals surface area contributed by atoms with Crippen LogP contribution in [0, 0.1) is 0 Å². The number of aryl methyl sites for hydroxylation is 1. The monoisotopic (exact) mass is 233 g/mol. The summed E-state index contributed by atoms with van der Waals surface area (Å²) in [6, 6.07) is 2.66. The van der Waals surface area contributed by atoms with Crippen LogP contribution in [0.3, 0.4) is 0 Å². The van der Waals surface area contributed by atoms with Gasteiger partial charge in [0, 0.05) is 18.8 Å². The molecule has 0 radical (unpaired) electrons. The lowest BCUT2D eigenvalue weighted by Crippen LogP contribution is -2.20. The van der Waals surface area contributed by atoms with Gasteiger partial charge in [-0.2, -0.15) is 0 Å². The second kappa shape index (κ2) is 4.99. The molecule has 0 aliphatic heterocycles. The topological polar surface area (TPSA) is 59.3 Å². The van der Waals surface area contributed by atoms with E-state index in [1.165, 1.54) is 34.9 Å². The van der Waals surface area contributed by atoms with Gasteiger partial charge in [0.15, 0.2) is 0 Å². The minimum absolute atomic E-state index is 0.145. The molecule has 0 aromatic carbocycles. The summed E-state index contributed by atoms with van der Waals surface area (Å²) in [5.74, 6) is -1.00. The van der Waals surface area contributed by atoms with Crippen molar-refractivity contribution < 1.29 is 9.90 Å². The van der Waals surface area contributed by atoms with Crippen molar-refractivity contribution in [2.24, 2.45) is 0 Å². The van der Waals surface area contributed by atoms with E-state index in [0.717, 1.165) is 19.3 Å². The Morgan fingerprint density at radius 3 is 2.88 bits per heavy atom. The predicted octanol–water partition coefficient (Wildman–Crippen LogP) is 2.05. The Labute approximate surface area is 99.2 Å². The van der Waals surface area contributed by atoms with Crippen molar-refractivity contribution in [3.8, 4) is 0 Å². The molecular formula is C13H15NO3. The lowest BCUT2D eigenvalue weighted by Gasteiger charge is -2.07. The molecule has 4 nitrogen and oxygen atoms in total. The van der Waals surface area contributed by atoms with Crippen molar-refractivity contribution in [3.05, 3.63) is 45.9 Å². The van der Waals surface area contributed by atoms with E-state index in [0.29, 0.717) is 6.54 Å². The minimum Gasteiger partial charge on any atom is -0.478 e. The number of allylic oxidation sites excluding steroid dienone is 2. The molecule has 1 aliphatic rings. The molecule has 1 heterocycles. The average Bonchev–Trinajstić information content (AvgIpc) is 2.80. The number of aromatic nitrogens is 1. The molecule has 90 valence electrons. The zero-order valence-corrected chi connectivity index (χ0v) is 9.56. The van der Waals surface area contributed by atoms with Gasteiger partial charge in [0.25, 0.3) is 5.56 Å². The molecule has 0 amide bonds. The number of nitrogens with zero attached hydrogens (tertiary/aromatic N) is 1. The Morgan fingerprint density at radius 1 is 1.41 bits per heavy atom. The number of pyridine rings is 1. The van der Waals surface area contributed by atoms with E-state index in [-0.39, 0.29) is 11.1 Å². The van der Waals surface area contributed by atoms with E-state index in [2.05, 4.69) is 6.08 Å². The molecule has 0 atom stereocenters. The van der Waals surface area contributed by atoms with Crippen LogP contribution in [0.25, 0.3) is 0 Å². The summed E-state index contributed by atoms with van der Waals surface area (Å²) in [4.78, 5) is 22.3. The third kappa shape index (κ3) is 2.84. The smallest absolute Gasteiger partial charge is 0.337 e. The fourth-order valence-corrected chi connectivity index (χ4v) is 2.06. The second-order valence-corrected chi connectivity index (χ2v) is 4.26. The highest BCUT2D eigenvalue weighted by Gasteiger charge is 2.07. The molecule has 1 aromatic rings. The number of carboxylic acids is 1. The van der Waals surface area contributed by atoms with Crippen LogP contribution in [0.1, 0.15) is 36.0 Å². The van der Waals surface area contributed by atoms with E-state index < -0.39 is 5.97 Å². The number of aromatic carboxylic acids is 1.